The highest BCUT2D eigenvalue weighted by molar-refractivity contribution is 7.90. The fourth-order valence-electron chi connectivity index (χ4n) is 3.85. The highest BCUT2D eigenvalue weighted by atomic mass is 32.2. The smallest absolute Gasteiger partial charge is 0.418 e. The summed E-state index contributed by atoms with van der Waals surface area (Å²) in [4.78, 5) is 8.75. The number of hydrogen-bond donors (Lipinski definition) is 0. The molecule has 3 aromatic carbocycles. The van der Waals surface area contributed by atoms with E-state index in [1.165, 1.54) is 24.4 Å². The second-order valence-corrected chi connectivity index (χ2v) is 10.0. The molecular weight excluding hydrogens is 491 g/mol. The number of fused-ring (bicyclic) bond motifs is 1. The number of alkyl halides is 3. The minimum Gasteiger partial charge on any atom is -0.457 e. The van der Waals surface area contributed by atoms with Gasteiger partial charge in [0.2, 0.25) is 0 Å². The maximum Gasteiger partial charge on any atom is 0.418 e. The van der Waals surface area contributed by atoms with Gasteiger partial charge in [-0.15, -0.1) is 0 Å². The lowest BCUT2D eigenvalue weighted by atomic mass is 10.1. The first-order chi connectivity index (χ1) is 17.1. The number of ether oxygens (including phenoxy) is 1. The predicted octanol–water partition coefficient (Wildman–Crippen LogP) is 6.30. The van der Waals surface area contributed by atoms with E-state index in [1.54, 1.807) is 65.2 Å². The van der Waals surface area contributed by atoms with Gasteiger partial charge in [-0.3, -0.25) is 9.55 Å². The van der Waals surface area contributed by atoms with Crippen LogP contribution in [-0.4, -0.2) is 29.2 Å². The van der Waals surface area contributed by atoms with E-state index >= 15 is 0 Å². The Kier molecular flexibility index (Phi) is 5.76. The van der Waals surface area contributed by atoms with Gasteiger partial charge in [-0.2, -0.15) is 13.2 Å². The van der Waals surface area contributed by atoms with Crippen LogP contribution in [0.5, 0.6) is 11.5 Å². The summed E-state index contributed by atoms with van der Waals surface area (Å²) in [5.41, 5.74) is 0.101. The van der Waals surface area contributed by atoms with Crippen molar-refractivity contribution in [1.29, 1.82) is 0 Å². The molecule has 0 fully saturated rings. The van der Waals surface area contributed by atoms with Crippen molar-refractivity contribution < 1.29 is 26.3 Å². The van der Waals surface area contributed by atoms with E-state index in [0.717, 1.165) is 12.3 Å². The van der Waals surface area contributed by atoms with Gasteiger partial charge in [-0.1, -0.05) is 24.3 Å². The molecule has 5 rings (SSSR count). The molecule has 0 bridgehead atoms. The van der Waals surface area contributed by atoms with E-state index in [0.29, 0.717) is 22.9 Å². The Morgan fingerprint density at radius 2 is 1.58 bits per heavy atom. The molecule has 0 saturated heterocycles. The molecule has 0 radical (unpaired) electrons. The molecule has 182 valence electrons. The van der Waals surface area contributed by atoms with Crippen molar-refractivity contribution in [2.45, 2.75) is 11.1 Å². The average molecular weight is 510 g/mol. The van der Waals surface area contributed by atoms with Gasteiger partial charge in [0.05, 0.1) is 21.7 Å². The lowest BCUT2D eigenvalue weighted by Gasteiger charge is -2.12. The molecule has 0 aliphatic carbocycles. The molecule has 5 aromatic rings. The van der Waals surface area contributed by atoms with E-state index in [1.807, 2.05) is 0 Å². The summed E-state index contributed by atoms with van der Waals surface area (Å²) in [6, 6.07) is 21.8. The van der Waals surface area contributed by atoms with Crippen molar-refractivity contribution >= 4 is 20.9 Å². The van der Waals surface area contributed by atoms with Crippen molar-refractivity contribution in [3.05, 3.63) is 96.7 Å². The zero-order chi connectivity index (χ0) is 25.5. The van der Waals surface area contributed by atoms with Crippen LogP contribution in [0.2, 0.25) is 0 Å². The van der Waals surface area contributed by atoms with E-state index in [2.05, 4.69) is 9.97 Å². The predicted molar refractivity (Wildman–Crippen MR) is 129 cm³/mol. The van der Waals surface area contributed by atoms with Gasteiger partial charge in [-0.25, -0.2) is 13.4 Å². The van der Waals surface area contributed by atoms with Crippen molar-refractivity contribution in [1.82, 2.24) is 14.5 Å². The highest BCUT2D eigenvalue weighted by Gasteiger charge is 2.34. The number of imidazole rings is 1. The summed E-state index contributed by atoms with van der Waals surface area (Å²) in [6.45, 7) is 0. The summed E-state index contributed by atoms with van der Waals surface area (Å²) in [5, 5.41) is 0. The van der Waals surface area contributed by atoms with Gasteiger partial charge in [0, 0.05) is 18.5 Å². The third kappa shape index (κ3) is 4.55. The minimum atomic E-state index is -4.59. The molecule has 0 aliphatic heterocycles. The Balaban J connectivity index is 1.66. The Morgan fingerprint density at radius 1 is 0.861 bits per heavy atom. The molecule has 10 heteroatoms. The molecule has 0 unspecified atom stereocenters. The quantitative estimate of drug-likeness (QED) is 0.278. The minimum absolute atomic E-state index is 0.105. The molecule has 36 heavy (non-hydrogen) atoms. The van der Waals surface area contributed by atoms with Crippen molar-refractivity contribution in [2.75, 3.05) is 6.26 Å². The lowest BCUT2D eigenvalue weighted by Crippen LogP contribution is -2.05. The van der Waals surface area contributed by atoms with E-state index < -0.39 is 21.6 Å². The number of hydrogen-bond acceptors (Lipinski definition) is 5. The third-order valence-electron chi connectivity index (χ3n) is 5.43. The maximum absolute atomic E-state index is 13.8. The van der Waals surface area contributed by atoms with Crippen LogP contribution in [0, 0.1) is 0 Å². The second kappa shape index (κ2) is 8.80. The van der Waals surface area contributed by atoms with Crippen molar-refractivity contribution in [2.24, 2.45) is 0 Å². The fraction of sp³-hybridized carbons (Fsp3) is 0.0769. The Hall–Kier alpha value is -4.18. The zero-order valence-electron chi connectivity index (χ0n) is 18.8. The topological polar surface area (TPSA) is 74.1 Å². The van der Waals surface area contributed by atoms with Gasteiger partial charge in [-0.05, 0) is 54.6 Å². The van der Waals surface area contributed by atoms with Gasteiger partial charge >= 0.3 is 6.18 Å². The molecule has 0 aliphatic rings. The highest BCUT2D eigenvalue weighted by Crippen LogP contribution is 2.38. The molecule has 0 saturated carbocycles. The van der Waals surface area contributed by atoms with Crippen LogP contribution >= 0.6 is 0 Å². The van der Waals surface area contributed by atoms with Crippen molar-refractivity contribution in [3.8, 4) is 28.7 Å². The van der Waals surface area contributed by atoms with Crippen LogP contribution in [0.3, 0.4) is 0 Å². The summed E-state index contributed by atoms with van der Waals surface area (Å²) >= 11 is 0. The fourth-order valence-corrected chi connectivity index (χ4v) is 4.50. The van der Waals surface area contributed by atoms with Gasteiger partial charge in [0.1, 0.15) is 22.7 Å². The number of aromatic nitrogens is 3. The van der Waals surface area contributed by atoms with E-state index in [4.69, 9.17) is 4.74 Å². The Morgan fingerprint density at radius 3 is 2.28 bits per heavy atom. The van der Waals surface area contributed by atoms with Crippen molar-refractivity contribution in [3.63, 3.8) is 0 Å². The number of benzene rings is 3. The number of para-hydroxylation sites is 1. The van der Waals surface area contributed by atoms with Crippen LogP contribution < -0.4 is 4.74 Å². The number of sulfone groups is 1. The molecule has 6 nitrogen and oxygen atoms in total. The SMILES string of the molecule is CS(=O)(=O)c1cccc(Oc2cccc(-n3c(-c4ccccn4)nc4c(C(F)(F)F)cccc43)c2)c1. The molecule has 0 spiro atoms. The molecule has 0 atom stereocenters. The largest absolute Gasteiger partial charge is 0.457 e. The molecule has 2 heterocycles. The summed E-state index contributed by atoms with van der Waals surface area (Å²) in [6.07, 6.45) is -1.95. The van der Waals surface area contributed by atoms with Crippen LogP contribution in [-0.2, 0) is 16.0 Å². The van der Waals surface area contributed by atoms with E-state index in [-0.39, 0.29) is 21.8 Å². The maximum atomic E-state index is 13.8. The molecular formula is C26H18F3N3O3S. The van der Waals surface area contributed by atoms with Crippen LogP contribution in [0.4, 0.5) is 13.2 Å². The number of pyridine rings is 1. The number of rotatable bonds is 5. The lowest BCUT2D eigenvalue weighted by molar-refractivity contribution is -0.136. The summed E-state index contributed by atoms with van der Waals surface area (Å²) in [7, 11) is -3.43. The van der Waals surface area contributed by atoms with Gasteiger partial charge in [0.15, 0.2) is 15.7 Å². The third-order valence-corrected chi connectivity index (χ3v) is 6.54. The van der Waals surface area contributed by atoms with Gasteiger partial charge < -0.3 is 4.74 Å². The second-order valence-electron chi connectivity index (χ2n) is 8.00. The van der Waals surface area contributed by atoms with Crippen LogP contribution in [0.25, 0.3) is 28.2 Å². The average Bonchev–Trinajstić information content (AvgIpc) is 3.23. The van der Waals surface area contributed by atoms with E-state index in [9.17, 15) is 21.6 Å². The first-order valence-corrected chi connectivity index (χ1v) is 12.6. The first kappa shape index (κ1) is 23.6. The van der Waals surface area contributed by atoms with Crippen LogP contribution in [0.1, 0.15) is 5.56 Å². The first-order valence-electron chi connectivity index (χ1n) is 10.7. The van der Waals surface area contributed by atoms with Gasteiger partial charge in [0.25, 0.3) is 0 Å². The zero-order valence-corrected chi connectivity index (χ0v) is 19.6. The normalized spacial score (nSPS) is 12.1. The summed E-state index contributed by atoms with van der Waals surface area (Å²) in [5.74, 6) is 0.896. The van der Waals surface area contributed by atoms with Crippen LogP contribution in [0.15, 0.2) is 96.0 Å². The summed E-state index contributed by atoms with van der Waals surface area (Å²) < 4.78 is 72.5. The molecule has 0 N–H and O–H groups in total. The molecule has 2 aromatic heterocycles. The molecule has 0 amide bonds. The number of halogens is 3. The Bertz CT molecular complexity index is 1680. The Labute approximate surface area is 204 Å². The standard InChI is InChI=1S/C26H18F3N3O3S/c1-36(33,34)20-10-5-9-19(16-20)35-18-8-4-7-17(15-18)32-23-13-6-11-21(26(27,28)29)24(23)31-25(32)22-12-2-3-14-30-22/h2-16H,1H3. The number of nitrogens with zero attached hydrogens (tertiary/aromatic N) is 3. The monoisotopic (exact) mass is 509 g/mol.